The summed E-state index contributed by atoms with van der Waals surface area (Å²) in [6, 6.07) is 9.33. The minimum absolute atomic E-state index is 0.00583. The average molecular weight is 363 g/mol. The zero-order valence-corrected chi connectivity index (χ0v) is 14.7. The van der Waals surface area contributed by atoms with E-state index in [1.165, 1.54) is 18.7 Å². The molecule has 0 unspecified atom stereocenters. The Morgan fingerprint density at radius 2 is 2.00 bits per heavy atom. The number of pyridine rings is 3. The van der Waals surface area contributed by atoms with Crippen LogP contribution in [0.3, 0.4) is 0 Å². The molecule has 4 rings (SSSR count). The maximum atomic E-state index is 13.7. The molecule has 136 valence electrons. The lowest BCUT2D eigenvalue weighted by Gasteiger charge is -2.08. The van der Waals surface area contributed by atoms with Crippen LogP contribution >= 0.6 is 0 Å². The quantitative estimate of drug-likeness (QED) is 0.546. The van der Waals surface area contributed by atoms with E-state index in [-0.39, 0.29) is 5.88 Å². The van der Waals surface area contributed by atoms with Gasteiger partial charge < -0.3 is 15.0 Å². The van der Waals surface area contributed by atoms with Crippen LogP contribution in [-0.2, 0) is 13.0 Å². The van der Waals surface area contributed by atoms with E-state index in [1.807, 2.05) is 30.6 Å². The molecule has 4 aromatic rings. The fraction of sp³-hybridized carbons (Fsp3) is 0.150. The molecule has 0 atom stereocenters. The fourth-order valence-corrected chi connectivity index (χ4v) is 2.92. The number of H-pyrrole nitrogens is 1. The number of anilines is 1. The molecule has 0 aliphatic carbocycles. The van der Waals surface area contributed by atoms with E-state index in [4.69, 9.17) is 4.74 Å². The van der Waals surface area contributed by atoms with Crippen molar-refractivity contribution in [3.63, 3.8) is 0 Å². The Morgan fingerprint density at radius 3 is 2.78 bits per heavy atom. The smallest absolute Gasteiger partial charge is 0.250 e. The molecule has 2 N–H and O–H groups in total. The lowest BCUT2D eigenvalue weighted by molar-refractivity contribution is 0.368. The standard InChI is InChI=1S/C20H18FN5O/c1-27-20-17(21)8-14(11-26-20)10-24-18-5-4-13(9-23-18)7-15-12-25-19-16(15)3-2-6-22-19/h2-6,8-9,11-12H,7,10H2,1H3,(H,22,25)(H,23,24). The maximum absolute atomic E-state index is 13.7. The molecule has 27 heavy (non-hydrogen) atoms. The summed E-state index contributed by atoms with van der Waals surface area (Å²) in [5.41, 5.74) is 3.88. The van der Waals surface area contributed by atoms with Gasteiger partial charge in [0.05, 0.1) is 7.11 Å². The van der Waals surface area contributed by atoms with Gasteiger partial charge in [0.1, 0.15) is 11.5 Å². The van der Waals surface area contributed by atoms with Gasteiger partial charge in [0.2, 0.25) is 5.88 Å². The van der Waals surface area contributed by atoms with Crippen molar-refractivity contribution < 1.29 is 9.13 Å². The summed E-state index contributed by atoms with van der Waals surface area (Å²) >= 11 is 0. The van der Waals surface area contributed by atoms with Crippen LogP contribution in [-0.4, -0.2) is 27.0 Å². The first kappa shape index (κ1) is 17.0. The van der Waals surface area contributed by atoms with Gasteiger partial charge in [-0.1, -0.05) is 6.07 Å². The number of aromatic nitrogens is 4. The molecule has 6 nitrogen and oxygen atoms in total. The van der Waals surface area contributed by atoms with Crippen LogP contribution in [0.2, 0.25) is 0 Å². The topological polar surface area (TPSA) is 75.7 Å². The monoisotopic (exact) mass is 363 g/mol. The molecular weight excluding hydrogens is 345 g/mol. The van der Waals surface area contributed by atoms with Gasteiger partial charge in [0, 0.05) is 43.1 Å². The van der Waals surface area contributed by atoms with Crippen LogP contribution in [0.1, 0.15) is 16.7 Å². The highest BCUT2D eigenvalue weighted by Crippen LogP contribution is 2.20. The Balaban J connectivity index is 1.41. The van der Waals surface area contributed by atoms with Gasteiger partial charge in [0.25, 0.3) is 0 Å². The molecule has 0 radical (unpaired) electrons. The number of ether oxygens (including phenoxy) is 1. The third-order valence-corrected chi connectivity index (χ3v) is 4.29. The number of halogens is 1. The van der Waals surface area contributed by atoms with Crippen molar-refractivity contribution >= 4 is 16.9 Å². The van der Waals surface area contributed by atoms with Crippen molar-refractivity contribution in [2.75, 3.05) is 12.4 Å². The number of nitrogens with one attached hydrogen (secondary N) is 2. The first-order valence-electron chi connectivity index (χ1n) is 8.51. The van der Waals surface area contributed by atoms with Crippen LogP contribution in [0.5, 0.6) is 5.88 Å². The first-order chi connectivity index (χ1) is 13.2. The number of methoxy groups -OCH3 is 1. The van der Waals surface area contributed by atoms with Crippen LogP contribution in [0, 0.1) is 5.82 Å². The largest absolute Gasteiger partial charge is 0.479 e. The summed E-state index contributed by atoms with van der Waals surface area (Å²) in [6.45, 7) is 0.425. The van der Waals surface area contributed by atoms with Gasteiger partial charge in [-0.15, -0.1) is 0 Å². The molecule has 0 spiro atoms. The zero-order valence-electron chi connectivity index (χ0n) is 14.7. The number of nitrogens with zero attached hydrogens (tertiary/aromatic N) is 3. The Labute approximate surface area is 155 Å². The van der Waals surface area contributed by atoms with Crippen LogP contribution in [0.25, 0.3) is 11.0 Å². The van der Waals surface area contributed by atoms with Gasteiger partial charge >= 0.3 is 0 Å². The lowest BCUT2D eigenvalue weighted by atomic mass is 10.1. The molecule has 0 aliphatic heterocycles. The second kappa shape index (κ2) is 7.41. The summed E-state index contributed by atoms with van der Waals surface area (Å²) in [7, 11) is 1.39. The minimum Gasteiger partial charge on any atom is -0.479 e. The van der Waals surface area contributed by atoms with Crippen molar-refractivity contribution in [3.8, 4) is 5.88 Å². The van der Waals surface area contributed by atoms with Gasteiger partial charge in [-0.25, -0.2) is 19.3 Å². The van der Waals surface area contributed by atoms with E-state index in [0.717, 1.165) is 28.8 Å². The van der Waals surface area contributed by atoms with E-state index in [0.29, 0.717) is 12.1 Å². The van der Waals surface area contributed by atoms with Gasteiger partial charge in [-0.2, -0.15) is 0 Å². The Hall–Kier alpha value is -3.48. The van der Waals surface area contributed by atoms with Crippen LogP contribution in [0.4, 0.5) is 10.2 Å². The summed E-state index contributed by atoms with van der Waals surface area (Å²) < 4.78 is 18.5. The number of hydrogen-bond acceptors (Lipinski definition) is 5. The van der Waals surface area contributed by atoms with Crippen molar-refractivity contribution in [3.05, 3.63) is 77.6 Å². The van der Waals surface area contributed by atoms with Crippen molar-refractivity contribution in [1.82, 2.24) is 19.9 Å². The third kappa shape index (κ3) is 3.72. The Morgan fingerprint density at radius 1 is 1.11 bits per heavy atom. The predicted octanol–water partition coefficient (Wildman–Crippen LogP) is 3.70. The molecule has 4 heterocycles. The highest BCUT2D eigenvalue weighted by atomic mass is 19.1. The second-order valence-electron chi connectivity index (χ2n) is 6.13. The number of aromatic amines is 1. The molecule has 0 saturated heterocycles. The third-order valence-electron chi connectivity index (χ3n) is 4.29. The number of fused-ring (bicyclic) bond motifs is 1. The SMILES string of the molecule is COc1ncc(CNc2ccc(Cc3c[nH]c4ncccc34)cn2)cc1F. The minimum atomic E-state index is -0.478. The average Bonchev–Trinajstić information content (AvgIpc) is 3.10. The first-order valence-corrected chi connectivity index (χ1v) is 8.51. The van der Waals surface area contributed by atoms with Gasteiger partial charge in [-0.05, 0) is 41.0 Å². The van der Waals surface area contributed by atoms with E-state index in [1.54, 1.807) is 12.4 Å². The lowest BCUT2D eigenvalue weighted by Crippen LogP contribution is -2.03. The van der Waals surface area contributed by atoms with E-state index < -0.39 is 5.82 Å². The molecule has 4 aromatic heterocycles. The molecule has 0 fully saturated rings. The van der Waals surface area contributed by atoms with Crippen LogP contribution in [0.15, 0.2) is 55.1 Å². The zero-order chi connectivity index (χ0) is 18.6. The van der Waals surface area contributed by atoms with Crippen molar-refractivity contribution in [2.24, 2.45) is 0 Å². The Bertz CT molecular complexity index is 1060. The normalized spacial score (nSPS) is 10.9. The van der Waals surface area contributed by atoms with E-state index in [2.05, 4.69) is 31.3 Å². The van der Waals surface area contributed by atoms with Gasteiger partial charge in [-0.3, -0.25) is 0 Å². The predicted molar refractivity (Wildman–Crippen MR) is 101 cm³/mol. The number of hydrogen-bond donors (Lipinski definition) is 2. The van der Waals surface area contributed by atoms with Crippen molar-refractivity contribution in [2.45, 2.75) is 13.0 Å². The summed E-state index contributed by atoms with van der Waals surface area (Å²) in [5, 5.41) is 4.29. The number of rotatable bonds is 6. The molecule has 0 amide bonds. The highest BCUT2D eigenvalue weighted by Gasteiger charge is 2.07. The summed E-state index contributed by atoms with van der Waals surface area (Å²) in [5.74, 6) is 0.234. The molecular formula is C20H18FN5O. The molecule has 0 bridgehead atoms. The van der Waals surface area contributed by atoms with Crippen LogP contribution < -0.4 is 10.1 Å². The second-order valence-corrected chi connectivity index (χ2v) is 6.13. The van der Waals surface area contributed by atoms with E-state index in [9.17, 15) is 4.39 Å². The highest BCUT2D eigenvalue weighted by molar-refractivity contribution is 5.79. The fourth-order valence-electron chi connectivity index (χ4n) is 2.92. The summed E-state index contributed by atoms with van der Waals surface area (Å²) in [6.07, 6.45) is 7.94. The van der Waals surface area contributed by atoms with Crippen molar-refractivity contribution in [1.29, 1.82) is 0 Å². The van der Waals surface area contributed by atoms with E-state index >= 15 is 0 Å². The van der Waals surface area contributed by atoms with Gasteiger partial charge in [0.15, 0.2) is 5.82 Å². The molecule has 0 aliphatic rings. The maximum Gasteiger partial charge on any atom is 0.250 e. The molecule has 0 saturated carbocycles. The molecule has 0 aromatic carbocycles. The molecule has 7 heteroatoms. The Kier molecular flexibility index (Phi) is 4.65. The summed E-state index contributed by atoms with van der Waals surface area (Å²) in [4.78, 5) is 15.8.